The number of rotatable bonds is 6. The molecule has 0 radical (unpaired) electrons. The molecular formula is C25H34N4O4S. The number of sulfonamides is 1. The molecule has 2 aliphatic heterocycles. The minimum Gasteiger partial charge on any atom is -0.497 e. The molecule has 0 unspecified atom stereocenters. The molecule has 1 N–H and O–H groups in total. The maximum absolute atomic E-state index is 12.7. The predicted octanol–water partition coefficient (Wildman–Crippen LogP) is 2.77. The monoisotopic (exact) mass is 486 g/mol. The highest BCUT2D eigenvalue weighted by Gasteiger charge is 2.28. The van der Waals surface area contributed by atoms with Crippen LogP contribution >= 0.6 is 0 Å². The molecule has 2 amide bonds. The predicted molar refractivity (Wildman–Crippen MR) is 131 cm³/mol. The van der Waals surface area contributed by atoms with Gasteiger partial charge in [0.1, 0.15) is 5.75 Å². The van der Waals surface area contributed by atoms with Crippen LogP contribution in [-0.4, -0.2) is 81.6 Å². The molecular weight excluding hydrogens is 452 g/mol. The van der Waals surface area contributed by atoms with E-state index in [1.54, 1.807) is 30.2 Å². The molecule has 0 aromatic heterocycles. The number of carbonyl (C=O) groups excluding carboxylic acids is 1. The van der Waals surface area contributed by atoms with Gasteiger partial charge in [-0.05, 0) is 62.2 Å². The smallest absolute Gasteiger partial charge is 0.331 e. The van der Waals surface area contributed by atoms with Crippen molar-refractivity contribution in [3.05, 3.63) is 60.2 Å². The number of nitrogens with zero attached hydrogens (tertiary/aromatic N) is 3. The highest BCUT2D eigenvalue weighted by molar-refractivity contribution is 7.90. The van der Waals surface area contributed by atoms with Crippen molar-refractivity contribution in [1.29, 1.82) is 0 Å². The molecule has 8 nitrogen and oxygen atoms in total. The Labute approximate surface area is 202 Å². The Kier molecular flexibility index (Phi) is 8.07. The molecule has 2 aromatic rings. The summed E-state index contributed by atoms with van der Waals surface area (Å²) in [7, 11) is -2.18. The third-order valence-corrected chi connectivity index (χ3v) is 8.07. The number of piperidine rings is 1. The van der Waals surface area contributed by atoms with Crippen LogP contribution in [0.2, 0.25) is 0 Å². The van der Waals surface area contributed by atoms with Crippen molar-refractivity contribution in [3.63, 3.8) is 0 Å². The minimum atomic E-state index is -3.86. The topological polar surface area (TPSA) is 82.2 Å². The molecule has 34 heavy (non-hydrogen) atoms. The third-order valence-electron chi connectivity index (χ3n) is 6.73. The number of benzene rings is 2. The van der Waals surface area contributed by atoms with Gasteiger partial charge in [-0.15, -0.1) is 0 Å². The number of amides is 2. The second-order valence-electron chi connectivity index (χ2n) is 8.96. The number of hydrogen-bond acceptors (Lipinski definition) is 6. The van der Waals surface area contributed by atoms with Crippen LogP contribution in [0.5, 0.6) is 5.75 Å². The van der Waals surface area contributed by atoms with Crippen LogP contribution in [0.1, 0.15) is 24.8 Å². The Bertz CT molecular complexity index is 1040. The molecule has 2 saturated heterocycles. The Hall–Kier alpha value is -2.62. The van der Waals surface area contributed by atoms with Gasteiger partial charge in [0.15, 0.2) is 0 Å². The summed E-state index contributed by atoms with van der Waals surface area (Å²) in [5.74, 6) is 0.879. The molecule has 2 heterocycles. The Morgan fingerprint density at radius 1 is 0.941 bits per heavy atom. The lowest BCUT2D eigenvalue weighted by atomic mass is 10.0. The summed E-state index contributed by atoms with van der Waals surface area (Å²) in [6.45, 7) is 5.82. The fourth-order valence-electron chi connectivity index (χ4n) is 4.78. The molecule has 0 spiro atoms. The van der Waals surface area contributed by atoms with E-state index in [1.807, 2.05) is 12.1 Å². The van der Waals surface area contributed by atoms with Gasteiger partial charge in [0.05, 0.1) is 12.0 Å². The van der Waals surface area contributed by atoms with Crippen LogP contribution in [0.25, 0.3) is 0 Å². The van der Waals surface area contributed by atoms with Crippen molar-refractivity contribution in [1.82, 2.24) is 19.4 Å². The lowest BCUT2D eigenvalue weighted by Gasteiger charge is -2.38. The van der Waals surface area contributed by atoms with Crippen LogP contribution in [0.4, 0.5) is 4.79 Å². The number of carbonyl (C=O) groups is 1. The van der Waals surface area contributed by atoms with Gasteiger partial charge < -0.3 is 9.64 Å². The van der Waals surface area contributed by atoms with E-state index in [2.05, 4.69) is 26.7 Å². The quantitative estimate of drug-likeness (QED) is 0.676. The summed E-state index contributed by atoms with van der Waals surface area (Å²) in [6, 6.07) is 16.2. The van der Waals surface area contributed by atoms with Gasteiger partial charge in [0.2, 0.25) is 0 Å². The van der Waals surface area contributed by atoms with E-state index in [0.29, 0.717) is 19.1 Å². The Balaban J connectivity index is 1.24. The third kappa shape index (κ3) is 6.28. The van der Waals surface area contributed by atoms with Crippen molar-refractivity contribution in [2.75, 3.05) is 46.4 Å². The second kappa shape index (κ2) is 11.2. The van der Waals surface area contributed by atoms with Crippen molar-refractivity contribution in [2.24, 2.45) is 0 Å². The summed E-state index contributed by atoms with van der Waals surface area (Å²) >= 11 is 0. The molecule has 0 bridgehead atoms. The highest BCUT2D eigenvalue weighted by Crippen LogP contribution is 2.21. The first-order chi connectivity index (χ1) is 16.4. The van der Waals surface area contributed by atoms with Crippen molar-refractivity contribution in [3.8, 4) is 5.75 Å². The van der Waals surface area contributed by atoms with Crippen LogP contribution in [-0.2, 0) is 16.6 Å². The number of methoxy groups -OCH3 is 1. The van der Waals surface area contributed by atoms with Crippen LogP contribution in [0.3, 0.4) is 0 Å². The number of nitrogens with one attached hydrogen (secondary N) is 1. The summed E-state index contributed by atoms with van der Waals surface area (Å²) in [5, 5.41) is 0. The number of urea groups is 1. The van der Waals surface area contributed by atoms with Gasteiger partial charge in [-0.3, -0.25) is 9.80 Å². The summed E-state index contributed by atoms with van der Waals surface area (Å²) < 4.78 is 32.5. The summed E-state index contributed by atoms with van der Waals surface area (Å²) in [5.41, 5.74) is 1.29. The van der Waals surface area contributed by atoms with Gasteiger partial charge in [-0.25, -0.2) is 17.9 Å². The molecule has 2 aliphatic rings. The van der Waals surface area contributed by atoms with E-state index < -0.39 is 16.1 Å². The maximum Gasteiger partial charge on any atom is 0.331 e. The van der Waals surface area contributed by atoms with Crippen molar-refractivity contribution in [2.45, 2.75) is 36.7 Å². The fourth-order valence-corrected chi connectivity index (χ4v) is 5.77. The van der Waals surface area contributed by atoms with Gasteiger partial charge in [-0.2, -0.15) is 0 Å². The lowest BCUT2D eigenvalue weighted by Crippen LogP contribution is -2.47. The first-order valence-corrected chi connectivity index (χ1v) is 13.4. The van der Waals surface area contributed by atoms with E-state index in [9.17, 15) is 13.2 Å². The number of likely N-dealkylation sites (tertiary alicyclic amines) is 1. The average Bonchev–Trinajstić information content (AvgIpc) is 3.12. The molecule has 9 heteroatoms. The Morgan fingerprint density at radius 3 is 2.32 bits per heavy atom. The highest BCUT2D eigenvalue weighted by atomic mass is 32.2. The molecule has 184 valence electrons. The zero-order valence-electron chi connectivity index (χ0n) is 19.7. The normalized spacial score (nSPS) is 18.9. The number of hydrogen-bond donors (Lipinski definition) is 1. The second-order valence-corrected chi connectivity index (χ2v) is 10.6. The maximum atomic E-state index is 12.7. The molecule has 4 rings (SSSR count). The van der Waals surface area contributed by atoms with E-state index in [1.165, 1.54) is 17.7 Å². The molecule has 2 fully saturated rings. The lowest BCUT2D eigenvalue weighted by molar-refractivity contribution is 0.107. The zero-order chi connectivity index (χ0) is 24.0. The summed E-state index contributed by atoms with van der Waals surface area (Å²) in [6.07, 6.45) is 3.04. The van der Waals surface area contributed by atoms with Crippen LogP contribution < -0.4 is 9.46 Å². The van der Waals surface area contributed by atoms with E-state index in [0.717, 1.165) is 57.7 Å². The van der Waals surface area contributed by atoms with Crippen LogP contribution in [0, 0.1) is 0 Å². The van der Waals surface area contributed by atoms with E-state index in [-0.39, 0.29) is 4.90 Å². The standard InChI is InChI=1S/C25H34N4O4S/c1-33-23-10-8-21(9-11-23)20-27-16-12-22(13-17-27)28-14-5-15-29(19-18-28)25(30)26-34(31,32)24-6-3-2-4-7-24/h2-4,6-11,22H,5,12-20H2,1H3,(H,26,30). The van der Waals surface area contributed by atoms with E-state index in [4.69, 9.17) is 4.74 Å². The summed E-state index contributed by atoms with van der Waals surface area (Å²) in [4.78, 5) is 19.4. The number of ether oxygens (including phenoxy) is 1. The average molecular weight is 487 g/mol. The first kappa shape index (κ1) is 24.5. The van der Waals surface area contributed by atoms with Crippen molar-refractivity contribution >= 4 is 16.1 Å². The van der Waals surface area contributed by atoms with Gasteiger partial charge in [-0.1, -0.05) is 30.3 Å². The molecule has 0 aliphatic carbocycles. The van der Waals surface area contributed by atoms with Gasteiger partial charge in [0.25, 0.3) is 10.0 Å². The Morgan fingerprint density at radius 2 is 1.65 bits per heavy atom. The zero-order valence-corrected chi connectivity index (χ0v) is 20.5. The fraction of sp³-hybridized carbons (Fsp3) is 0.480. The first-order valence-electron chi connectivity index (χ1n) is 11.9. The molecule has 0 atom stereocenters. The molecule has 2 aromatic carbocycles. The minimum absolute atomic E-state index is 0.0983. The SMILES string of the molecule is COc1ccc(CN2CCC(N3CCCN(C(=O)NS(=O)(=O)c4ccccc4)CC3)CC2)cc1. The van der Waals surface area contributed by atoms with Gasteiger partial charge >= 0.3 is 6.03 Å². The van der Waals surface area contributed by atoms with Gasteiger partial charge in [0, 0.05) is 38.8 Å². The van der Waals surface area contributed by atoms with Crippen LogP contribution in [0.15, 0.2) is 59.5 Å². The van der Waals surface area contributed by atoms with E-state index >= 15 is 0 Å². The largest absolute Gasteiger partial charge is 0.497 e. The van der Waals surface area contributed by atoms with Crippen molar-refractivity contribution < 1.29 is 17.9 Å². The molecule has 0 saturated carbocycles.